The minimum Gasteiger partial charge on any atom is -0.481 e. The average Bonchev–Trinajstić information content (AvgIpc) is 4.22. The molecule has 0 amide bonds. The fourth-order valence-electron chi connectivity index (χ4n) is 12.8. The molecule has 0 spiro atoms. The molecule has 0 aliphatic heterocycles. The molecule has 0 aromatic heterocycles. The summed E-state index contributed by atoms with van der Waals surface area (Å²) in [4.78, 5) is 25.4. The summed E-state index contributed by atoms with van der Waals surface area (Å²) in [5.74, 6) is 1.33. The number of carboxylic acid groups (broad SMARTS) is 1. The number of hydrogen-bond acceptors (Lipinski definition) is 4. The Morgan fingerprint density at radius 1 is 0.462 bits per heavy atom. The van der Waals surface area contributed by atoms with E-state index >= 15 is 0 Å². The Labute approximate surface area is 490 Å². The molecule has 0 radical (unpaired) electrons. The van der Waals surface area contributed by atoms with E-state index in [2.05, 4.69) is 54.6 Å². The summed E-state index contributed by atoms with van der Waals surface area (Å²) in [6, 6.07) is 0. The number of esters is 1. The molecule has 1 saturated carbocycles. The summed E-state index contributed by atoms with van der Waals surface area (Å²) in [6.45, 7) is 18.6. The van der Waals surface area contributed by atoms with Crippen LogP contribution in [0.1, 0.15) is 388 Å². The van der Waals surface area contributed by atoms with Crippen LogP contribution in [-0.4, -0.2) is 38.6 Å². The maximum atomic E-state index is 13.3. The highest BCUT2D eigenvalue weighted by Crippen LogP contribution is 2.49. The van der Waals surface area contributed by atoms with Crippen molar-refractivity contribution in [2.45, 2.75) is 413 Å². The molecule has 0 bridgehead atoms. The van der Waals surface area contributed by atoms with Gasteiger partial charge in [-0.1, -0.05) is 356 Å². The largest absolute Gasteiger partial charge is 0.481 e. The van der Waals surface area contributed by atoms with Gasteiger partial charge in [0.2, 0.25) is 0 Å². The minimum atomic E-state index is -2.04. The second-order valence-electron chi connectivity index (χ2n) is 27.9. The number of carbonyl (C=O) groups excluding carboxylic acids is 1. The number of aliphatic carboxylic acids is 1. The van der Waals surface area contributed by atoms with Crippen molar-refractivity contribution in [1.82, 2.24) is 0 Å². The van der Waals surface area contributed by atoms with Crippen molar-refractivity contribution >= 4 is 20.3 Å². The Morgan fingerprint density at radius 3 is 1.06 bits per heavy atom. The third kappa shape index (κ3) is 42.9. The molecule has 0 aromatic carbocycles. The maximum Gasteiger partial charge on any atom is 0.311 e. The third-order valence-electron chi connectivity index (χ3n) is 19.5. The molecule has 0 heterocycles. The highest BCUT2D eigenvalue weighted by atomic mass is 28.4. The van der Waals surface area contributed by atoms with Crippen molar-refractivity contribution in [2.24, 2.45) is 29.6 Å². The Balaban J connectivity index is 2.12. The van der Waals surface area contributed by atoms with Crippen molar-refractivity contribution in [1.29, 1.82) is 0 Å². The first-order valence-electron chi connectivity index (χ1n) is 35.8. The molecule has 464 valence electrons. The summed E-state index contributed by atoms with van der Waals surface area (Å²) >= 11 is 0. The van der Waals surface area contributed by atoms with Gasteiger partial charge in [0.1, 0.15) is 0 Å². The summed E-state index contributed by atoms with van der Waals surface area (Å²) in [6.07, 6.45) is 71.7. The minimum absolute atomic E-state index is 0.0282. The number of methoxy groups -OCH3 is 1. The first kappa shape index (κ1) is 75.1. The van der Waals surface area contributed by atoms with Gasteiger partial charge >= 0.3 is 11.9 Å². The Hall–Kier alpha value is -0.883. The summed E-state index contributed by atoms with van der Waals surface area (Å²) in [5, 5.41) is 10.1. The molecule has 0 aromatic rings. The molecule has 0 saturated heterocycles. The van der Waals surface area contributed by atoms with Crippen molar-refractivity contribution in [2.75, 3.05) is 7.11 Å². The Kier molecular flexibility index (Phi) is 49.8. The van der Waals surface area contributed by atoms with Gasteiger partial charge in [-0.15, -0.1) is 0 Å². The van der Waals surface area contributed by atoms with Gasteiger partial charge in [0.05, 0.1) is 25.0 Å². The van der Waals surface area contributed by atoms with Crippen LogP contribution in [0.3, 0.4) is 0 Å². The van der Waals surface area contributed by atoms with E-state index in [1.54, 1.807) is 7.11 Å². The molecule has 1 aliphatic carbocycles. The van der Waals surface area contributed by atoms with Crippen LogP contribution in [0.25, 0.3) is 0 Å². The number of unbranched alkanes of at least 4 members (excludes halogenated alkanes) is 45. The lowest BCUT2D eigenvalue weighted by Crippen LogP contribution is -2.47. The molecule has 1 fully saturated rings. The normalized spacial score (nSPS) is 16.4. The smallest absolute Gasteiger partial charge is 0.311 e. The van der Waals surface area contributed by atoms with Gasteiger partial charge in [0, 0.05) is 0 Å². The molecular formula is C72H142O5Si. The lowest BCUT2D eigenvalue weighted by Gasteiger charge is -2.41. The molecule has 5 nitrogen and oxygen atoms in total. The topological polar surface area (TPSA) is 72.8 Å². The van der Waals surface area contributed by atoms with Crippen LogP contribution in [0.4, 0.5) is 0 Å². The lowest BCUT2D eigenvalue weighted by molar-refractivity contribution is -0.149. The van der Waals surface area contributed by atoms with E-state index < -0.39 is 14.3 Å². The van der Waals surface area contributed by atoms with Crippen molar-refractivity contribution in [3.63, 3.8) is 0 Å². The van der Waals surface area contributed by atoms with E-state index in [1.165, 1.54) is 302 Å². The van der Waals surface area contributed by atoms with E-state index in [1.807, 2.05) is 0 Å². The van der Waals surface area contributed by atoms with Gasteiger partial charge in [0.25, 0.3) is 0 Å². The molecule has 1 unspecified atom stereocenters. The van der Waals surface area contributed by atoms with Crippen LogP contribution in [0.2, 0.25) is 18.1 Å². The summed E-state index contributed by atoms with van der Waals surface area (Å²) in [7, 11) is -0.463. The molecule has 1 rings (SSSR count). The lowest BCUT2D eigenvalue weighted by atomic mass is 9.87. The molecular weight excluding hydrogens is 973 g/mol. The average molecular weight is 1120 g/mol. The number of carboxylic acids is 1. The number of rotatable bonds is 61. The molecule has 78 heavy (non-hydrogen) atoms. The monoisotopic (exact) mass is 1120 g/mol. The molecule has 6 heteroatoms. The van der Waals surface area contributed by atoms with Crippen LogP contribution < -0.4 is 0 Å². The molecule has 1 N–H and O–H groups in total. The van der Waals surface area contributed by atoms with E-state index in [-0.39, 0.29) is 28.9 Å². The summed E-state index contributed by atoms with van der Waals surface area (Å²) in [5.41, 5.74) is 0. The van der Waals surface area contributed by atoms with Crippen LogP contribution in [0.5, 0.6) is 0 Å². The maximum absolute atomic E-state index is 13.3. The Bertz CT molecular complexity index is 1310. The zero-order valence-corrected chi connectivity index (χ0v) is 55.7. The van der Waals surface area contributed by atoms with Crippen LogP contribution in [0, 0.1) is 29.6 Å². The predicted octanol–water partition coefficient (Wildman–Crippen LogP) is 24.9. The standard InChI is InChI=1S/C72H142O5Si/c1-10-12-14-16-18-20-22-24-25-26-27-28-29-33-36-40-44-48-52-56-60-67(71(75)76-7)69(77-78(8,9)72(4,5)6)61-57-53-49-45-41-37-34-31-30-32-35-39-42-46-50-54-58-65-63-68(65)64(3)62-66(70(73)74)59-55-51-47-43-38-23-21-19-17-15-13-11-2/h64-69H,10-63H2,1-9H3,(H,73,74)/t64-,65-,66?,67+,68+,69-/m0/s1. The summed E-state index contributed by atoms with van der Waals surface area (Å²) < 4.78 is 12.6. The highest BCUT2D eigenvalue weighted by Gasteiger charge is 2.43. The number of hydrogen-bond donors (Lipinski definition) is 1. The first-order chi connectivity index (χ1) is 37.8. The van der Waals surface area contributed by atoms with Crippen LogP contribution in [-0.2, 0) is 18.8 Å². The van der Waals surface area contributed by atoms with Gasteiger partial charge in [-0.05, 0) is 68.0 Å². The fraction of sp³-hybridized carbons (Fsp3) is 0.972. The first-order valence-corrected chi connectivity index (χ1v) is 38.7. The van der Waals surface area contributed by atoms with E-state index in [4.69, 9.17) is 9.16 Å². The van der Waals surface area contributed by atoms with Crippen LogP contribution >= 0.6 is 0 Å². The van der Waals surface area contributed by atoms with E-state index in [0.29, 0.717) is 5.92 Å². The van der Waals surface area contributed by atoms with Crippen molar-refractivity contribution < 1.29 is 23.9 Å². The second-order valence-corrected chi connectivity index (χ2v) is 32.6. The molecule has 1 aliphatic rings. The van der Waals surface area contributed by atoms with Gasteiger partial charge in [-0.2, -0.15) is 0 Å². The Morgan fingerprint density at radius 2 is 0.756 bits per heavy atom. The van der Waals surface area contributed by atoms with E-state index in [0.717, 1.165) is 56.8 Å². The zero-order valence-electron chi connectivity index (χ0n) is 54.7. The zero-order chi connectivity index (χ0) is 57.2. The highest BCUT2D eigenvalue weighted by molar-refractivity contribution is 6.74. The van der Waals surface area contributed by atoms with Gasteiger partial charge in [-0.3, -0.25) is 9.59 Å². The fourth-order valence-corrected chi connectivity index (χ4v) is 14.2. The second kappa shape index (κ2) is 51.7. The molecule has 6 atom stereocenters. The third-order valence-corrected chi connectivity index (χ3v) is 24.0. The quantitative estimate of drug-likeness (QED) is 0.0373. The van der Waals surface area contributed by atoms with Crippen molar-refractivity contribution in [3.8, 4) is 0 Å². The van der Waals surface area contributed by atoms with Crippen molar-refractivity contribution in [3.05, 3.63) is 0 Å². The number of ether oxygens (including phenoxy) is 1. The predicted molar refractivity (Wildman–Crippen MR) is 346 cm³/mol. The van der Waals surface area contributed by atoms with Crippen LogP contribution in [0.15, 0.2) is 0 Å². The van der Waals surface area contributed by atoms with Gasteiger partial charge < -0.3 is 14.3 Å². The number of carbonyl (C=O) groups is 2. The SMILES string of the molecule is CCCCCCCCCCCCCCCCCCCCCC[C@@H](C(=O)OC)[C@H](CCCCCCCCCCCCCCCCCC[C@H]1C[C@@H]1[C@@H](C)CC(CCCCCCCCCCCCCC)C(=O)O)O[Si](C)(C)C(C)(C)C. The van der Waals surface area contributed by atoms with Gasteiger partial charge in [-0.25, -0.2) is 0 Å². The van der Waals surface area contributed by atoms with Gasteiger partial charge in [0.15, 0.2) is 8.32 Å². The van der Waals surface area contributed by atoms with E-state index in [9.17, 15) is 14.7 Å².